The molecule has 0 bridgehead atoms. The molecule has 16 heavy (non-hydrogen) atoms. The van der Waals surface area contributed by atoms with Crippen LogP contribution in [-0.2, 0) is 0 Å². The van der Waals surface area contributed by atoms with Crippen LogP contribution in [0.3, 0.4) is 0 Å². The minimum atomic E-state index is -0.294. The maximum absolute atomic E-state index is 10.3. The molecule has 0 amide bonds. The molecule has 2 nitrogen and oxygen atoms in total. The molecule has 1 aliphatic heterocycles. The lowest BCUT2D eigenvalue weighted by atomic mass is 9.88. The van der Waals surface area contributed by atoms with Gasteiger partial charge in [0, 0.05) is 4.90 Å². The third-order valence-electron chi connectivity index (χ3n) is 3.29. The third-order valence-corrected chi connectivity index (χ3v) is 4.03. The molecule has 1 aromatic carbocycles. The van der Waals surface area contributed by atoms with Gasteiger partial charge in [-0.15, -0.1) is 11.8 Å². The highest BCUT2D eigenvalue weighted by molar-refractivity contribution is 7.98. The van der Waals surface area contributed by atoms with E-state index in [9.17, 15) is 5.11 Å². The Morgan fingerprint density at radius 2 is 1.88 bits per heavy atom. The Morgan fingerprint density at radius 1 is 1.25 bits per heavy atom. The molecule has 2 N–H and O–H groups in total. The van der Waals surface area contributed by atoms with Gasteiger partial charge in [0.1, 0.15) is 0 Å². The van der Waals surface area contributed by atoms with E-state index in [-0.39, 0.29) is 6.10 Å². The highest BCUT2D eigenvalue weighted by atomic mass is 32.2. The van der Waals surface area contributed by atoms with Crippen LogP contribution in [-0.4, -0.2) is 24.5 Å². The molecule has 2 rings (SSSR count). The Kier molecular flexibility index (Phi) is 4.27. The zero-order valence-corrected chi connectivity index (χ0v) is 10.5. The summed E-state index contributed by atoms with van der Waals surface area (Å²) in [5.41, 5.74) is 1.06. The first-order valence-corrected chi connectivity index (χ1v) is 7.06. The van der Waals surface area contributed by atoms with Crippen LogP contribution in [0, 0.1) is 5.92 Å². The van der Waals surface area contributed by atoms with Gasteiger partial charge in [0.15, 0.2) is 0 Å². The fraction of sp³-hybridized carbons (Fsp3) is 0.538. The largest absolute Gasteiger partial charge is 0.388 e. The monoisotopic (exact) mass is 237 g/mol. The Morgan fingerprint density at radius 3 is 2.44 bits per heavy atom. The average Bonchev–Trinajstić information content (AvgIpc) is 2.39. The summed E-state index contributed by atoms with van der Waals surface area (Å²) >= 11 is 1.73. The number of thioether (sulfide) groups is 1. The molecular formula is C13H19NOS. The van der Waals surface area contributed by atoms with Crippen molar-refractivity contribution >= 4 is 11.8 Å². The molecule has 1 aromatic rings. The third kappa shape index (κ3) is 2.78. The van der Waals surface area contributed by atoms with Crippen molar-refractivity contribution < 1.29 is 5.11 Å². The van der Waals surface area contributed by atoms with Gasteiger partial charge in [0.25, 0.3) is 0 Å². The van der Waals surface area contributed by atoms with Crippen molar-refractivity contribution in [3.05, 3.63) is 29.8 Å². The molecule has 0 saturated carbocycles. The summed E-state index contributed by atoms with van der Waals surface area (Å²) in [5, 5.41) is 13.6. The van der Waals surface area contributed by atoms with E-state index >= 15 is 0 Å². The van der Waals surface area contributed by atoms with Crippen molar-refractivity contribution in [3.8, 4) is 0 Å². The standard InChI is InChI=1S/C13H19NOS/c1-16-12-4-2-10(3-5-12)13(15)11-6-8-14-9-7-11/h2-5,11,13-15H,6-9H2,1H3. The fourth-order valence-corrected chi connectivity index (χ4v) is 2.64. The molecule has 1 aliphatic rings. The van der Waals surface area contributed by atoms with Crippen LogP contribution in [0.4, 0.5) is 0 Å². The zero-order chi connectivity index (χ0) is 11.4. The van der Waals surface area contributed by atoms with Crippen molar-refractivity contribution in [1.82, 2.24) is 5.32 Å². The SMILES string of the molecule is CSc1ccc(C(O)C2CCNCC2)cc1. The van der Waals surface area contributed by atoms with Gasteiger partial charge in [-0.25, -0.2) is 0 Å². The van der Waals surface area contributed by atoms with Gasteiger partial charge in [0.05, 0.1) is 6.10 Å². The Labute approximate surface area is 101 Å². The van der Waals surface area contributed by atoms with Gasteiger partial charge in [-0.2, -0.15) is 0 Å². The number of aliphatic hydroxyl groups is 1. The Hall–Kier alpha value is -0.510. The molecular weight excluding hydrogens is 218 g/mol. The summed E-state index contributed by atoms with van der Waals surface area (Å²) in [5.74, 6) is 0.418. The predicted octanol–water partition coefficient (Wildman–Crippen LogP) is 2.44. The van der Waals surface area contributed by atoms with Crippen molar-refractivity contribution in [3.63, 3.8) is 0 Å². The van der Waals surface area contributed by atoms with Crippen LogP contribution in [0.15, 0.2) is 29.2 Å². The molecule has 0 spiro atoms. The van der Waals surface area contributed by atoms with E-state index in [2.05, 4.69) is 35.8 Å². The number of nitrogens with one attached hydrogen (secondary N) is 1. The molecule has 1 heterocycles. The molecule has 1 unspecified atom stereocenters. The number of aliphatic hydroxyl groups excluding tert-OH is 1. The predicted molar refractivity (Wildman–Crippen MR) is 68.8 cm³/mol. The Bertz CT molecular complexity index is 319. The molecule has 1 saturated heterocycles. The molecule has 0 radical (unpaired) electrons. The summed E-state index contributed by atoms with van der Waals surface area (Å²) < 4.78 is 0. The van der Waals surface area contributed by atoms with Crippen LogP contribution in [0.1, 0.15) is 24.5 Å². The van der Waals surface area contributed by atoms with Crippen LogP contribution in [0.5, 0.6) is 0 Å². The second kappa shape index (κ2) is 5.71. The summed E-state index contributed by atoms with van der Waals surface area (Å²) in [7, 11) is 0. The lowest BCUT2D eigenvalue weighted by Gasteiger charge is -2.27. The quantitative estimate of drug-likeness (QED) is 0.792. The lowest BCUT2D eigenvalue weighted by molar-refractivity contribution is 0.0889. The van der Waals surface area contributed by atoms with Crippen molar-refractivity contribution in [2.75, 3.05) is 19.3 Å². The van der Waals surface area contributed by atoms with Crippen LogP contribution in [0.25, 0.3) is 0 Å². The number of piperidine rings is 1. The first kappa shape index (κ1) is 12.0. The summed E-state index contributed by atoms with van der Waals surface area (Å²) in [6.45, 7) is 2.06. The molecule has 0 aromatic heterocycles. The van der Waals surface area contributed by atoms with Crippen LogP contribution < -0.4 is 5.32 Å². The smallest absolute Gasteiger partial charge is 0.0819 e. The maximum Gasteiger partial charge on any atom is 0.0819 e. The van der Waals surface area contributed by atoms with E-state index in [4.69, 9.17) is 0 Å². The fourth-order valence-electron chi connectivity index (χ4n) is 2.23. The first-order chi connectivity index (χ1) is 7.81. The van der Waals surface area contributed by atoms with Crippen molar-refractivity contribution in [1.29, 1.82) is 0 Å². The van der Waals surface area contributed by atoms with Crippen molar-refractivity contribution in [2.45, 2.75) is 23.8 Å². The molecule has 1 atom stereocenters. The number of benzene rings is 1. The molecule has 3 heteroatoms. The van der Waals surface area contributed by atoms with Gasteiger partial charge < -0.3 is 10.4 Å². The molecule has 0 aliphatic carbocycles. The second-order valence-corrected chi connectivity index (χ2v) is 5.19. The topological polar surface area (TPSA) is 32.3 Å². The summed E-state index contributed by atoms with van der Waals surface area (Å²) in [6, 6.07) is 8.28. The first-order valence-electron chi connectivity index (χ1n) is 5.84. The van der Waals surface area contributed by atoms with Gasteiger partial charge in [-0.05, 0) is 55.8 Å². The minimum absolute atomic E-state index is 0.294. The van der Waals surface area contributed by atoms with Gasteiger partial charge in [0.2, 0.25) is 0 Å². The lowest BCUT2D eigenvalue weighted by Crippen LogP contribution is -2.30. The second-order valence-electron chi connectivity index (χ2n) is 4.31. The van der Waals surface area contributed by atoms with Crippen LogP contribution >= 0.6 is 11.8 Å². The molecule has 1 fully saturated rings. The average molecular weight is 237 g/mol. The van der Waals surface area contributed by atoms with E-state index in [0.29, 0.717) is 5.92 Å². The number of hydrogen-bond acceptors (Lipinski definition) is 3. The normalized spacial score (nSPS) is 19.6. The maximum atomic E-state index is 10.3. The Balaban J connectivity index is 2.04. The highest BCUT2D eigenvalue weighted by Gasteiger charge is 2.22. The van der Waals surface area contributed by atoms with Crippen molar-refractivity contribution in [2.24, 2.45) is 5.92 Å². The number of hydrogen-bond donors (Lipinski definition) is 2. The summed E-state index contributed by atoms with van der Waals surface area (Å²) in [4.78, 5) is 1.25. The van der Waals surface area contributed by atoms with E-state index < -0.39 is 0 Å². The minimum Gasteiger partial charge on any atom is -0.388 e. The highest BCUT2D eigenvalue weighted by Crippen LogP contribution is 2.29. The van der Waals surface area contributed by atoms with Gasteiger partial charge >= 0.3 is 0 Å². The van der Waals surface area contributed by atoms with E-state index in [1.807, 2.05) is 0 Å². The zero-order valence-electron chi connectivity index (χ0n) is 9.65. The van der Waals surface area contributed by atoms with E-state index in [0.717, 1.165) is 31.5 Å². The van der Waals surface area contributed by atoms with Crippen LogP contribution in [0.2, 0.25) is 0 Å². The molecule has 88 valence electrons. The number of rotatable bonds is 3. The van der Waals surface area contributed by atoms with Gasteiger partial charge in [-0.1, -0.05) is 12.1 Å². The van der Waals surface area contributed by atoms with Gasteiger partial charge in [-0.3, -0.25) is 0 Å². The summed E-state index contributed by atoms with van der Waals surface area (Å²) in [6.07, 6.45) is 3.92. The van der Waals surface area contributed by atoms with E-state index in [1.165, 1.54) is 4.90 Å². The van der Waals surface area contributed by atoms with E-state index in [1.54, 1.807) is 11.8 Å².